The predicted molar refractivity (Wildman–Crippen MR) is 93.0 cm³/mol. The van der Waals surface area contributed by atoms with E-state index in [4.69, 9.17) is 23.2 Å². The van der Waals surface area contributed by atoms with Crippen molar-refractivity contribution < 1.29 is 0 Å². The van der Waals surface area contributed by atoms with Crippen LogP contribution in [0.15, 0.2) is 36.4 Å². The average molecular weight is 343 g/mol. The topological polar surface area (TPSA) is 38.9 Å². The normalized spacial score (nSPS) is 10.2. The van der Waals surface area contributed by atoms with Crippen molar-refractivity contribution in [1.29, 1.82) is 0 Å². The molecule has 3 aromatic rings. The number of aromatic nitrogens is 1. The molecule has 0 saturated heterocycles. The highest BCUT2D eigenvalue weighted by molar-refractivity contribution is 7.77. The number of benzene rings is 2. The first kappa shape index (κ1) is 15.6. The molecule has 0 atom stereocenters. The molecular weight excluding hydrogens is 331 g/mol. The number of halogens is 2. The Morgan fingerprint density at radius 1 is 1.00 bits per heavy atom. The van der Waals surface area contributed by atoms with E-state index >= 15 is 0 Å². The maximum absolute atomic E-state index is 6.02. The molecule has 0 spiro atoms. The number of thiazole rings is 1. The molecule has 1 heterocycles. The summed E-state index contributed by atoms with van der Waals surface area (Å²) in [5, 5.41) is 6.56. The number of nitrogens with zero attached hydrogens (tertiary/aromatic N) is 1. The van der Waals surface area contributed by atoms with Gasteiger partial charge in [0.25, 0.3) is 0 Å². The molecular formula is C14H12Cl2N2S2. The minimum absolute atomic E-state index is 0.645. The summed E-state index contributed by atoms with van der Waals surface area (Å²) in [6.07, 6.45) is 0. The van der Waals surface area contributed by atoms with E-state index in [2.05, 4.69) is 41.1 Å². The molecule has 0 radical (unpaired) electrons. The number of rotatable bonds is 1. The van der Waals surface area contributed by atoms with Gasteiger partial charge in [0.2, 0.25) is 0 Å². The lowest BCUT2D eigenvalue weighted by molar-refractivity contribution is 1.35. The van der Waals surface area contributed by atoms with Crippen LogP contribution in [0.5, 0.6) is 0 Å². The Morgan fingerprint density at radius 2 is 1.65 bits per heavy atom. The number of nitrogens with two attached hydrogens (primary N) is 1. The Balaban J connectivity index is 0.000000704. The van der Waals surface area contributed by atoms with Gasteiger partial charge in [-0.2, -0.15) is 0 Å². The first-order valence-electron chi connectivity index (χ1n) is 5.71. The van der Waals surface area contributed by atoms with Gasteiger partial charge in [-0.15, -0.1) is 24.2 Å². The van der Waals surface area contributed by atoms with Gasteiger partial charge in [0.1, 0.15) is 0 Å². The number of hydrogen-bond acceptors (Lipinski definition) is 4. The summed E-state index contributed by atoms with van der Waals surface area (Å²) in [6, 6.07) is 11.8. The van der Waals surface area contributed by atoms with Crippen LogP contribution in [0.25, 0.3) is 21.3 Å². The van der Waals surface area contributed by atoms with Gasteiger partial charge in [0, 0.05) is 10.0 Å². The summed E-state index contributed by atoms with van der Waals surface area (Å²) >= 11 is 16.8. The Morgan fingerprint density at radius 3 is 2.30 bits per heavy atom. The van der Waals surface area contributed by atoms with E-state index in [9.17, 15) is 0 Å². The zero-order valence-electron chi connectivity index (χ0n) is 10.6. The summed E-state index contributed by atoms with van der Waals surface area (Å²) in [6.45, 7) is 2.01. The SMILES string of the molecule is Cc1nc2cc(-c3cc(Cl)cc(Cl)c3)ccc2s1.NS. The average Bonchev–Trinajstić information content (AvgIpc) is 2.79. The molecule has 0 aliphatic heterocycles. The van der Waals surface area contributed by atoms with Gasteiger partial charge in [-0.1, -0.05) is 29.3 Å². The molecule has 20 heavy (non-hydrogen) atoms. The fourth-order valence-electron chi connectivity index (χ4n) is 1.94. The van der Waals surface area contributed by atoms with Crippen molar-refractivity contribution in [3.8, 4) is 11.1 Å². The monoisotopic (exact) mass is 342 g/mol. The van der Waals surface area contributed by atoms with Gasteiger partial charge in [-0.25, -0.2) is 4.98 Å². The lowest BCUT2D eigenvalue weighted by Gasteiger charge is -2.03. The molecule has 0 amide bonds. The van der Waals surface area contributed by atoms with Crippen molar-refractivity contribution in [3.05, 3.63) is 51.5 Å². The molecule has 2 nitrogen and oxygen atoms in total. The lowest BCUT2D eigenvalue weighted by Crippen LogP contribution is -1.79. The van der Waals surface area contributed by atoms with E-state index in [1.165, 1.54) is 4.70 Å². The van der Waals surface area contributed by atoms with Gasteiger partial charge in [-0.05, 0) is 48.4 Å². The summed E-state index contributed by atoms with van der Waals surface area (Å²) in [4.78, 5) is 4.50. The zero-order chi connectivity index (χ0) is 14.7. The van der Waals surface area contributed by atoms with Gasteiger partial charge in [0.05, 0.1) is 15.2 Å². The third kappa shape index (κ3) is 3.45. The van der Waals surface area contributed by atoms with E-state index in [1.54, 1.807) is 17.4 Å². The largest absolute Gasteiger partial charge is 0.281 e. The fourth-order valence-corrected chi connectivity index (χ4v) is 3.28. The first-order valence-corrected chi connectivity index (χ1v) is 7.80. The Kier molecular flexibility index (Phi) is 5.29. The van der Waals surface area contributed by atoms with Crippen LogP contribution in [-0.2, 0) is 0 Å². The van der Waals surface area contributed by atoms with E-state index < -0.39 is 0 Å². The third-order valence-corrected chi connectivity index (χ3v) is 4.08. The van der Waals surface area contributed by atoms with Gasteiger partial charge in [0.15, 0.2) is 0 Å². The van der Waals surface area contributed by atoms with Crippen LogP contribution < -0.4 is 5.14 Å². The van der Waals surface area contributed by atoms with Crippen LogP contribution in [0.2, 0.25) is 10.0 Å². The third-order valence-electron chi connectivity index (χ3n) is 2.69. The quantitative estimate of drug-likeness (QED) is 0.583. The van der Waals surface area contributed by atoms with Gasteiger partial charge < -0.3 is 0 Å². The lowest BCUT2D eigenvalue weighted by atomic mass is 10.1. The second kappa shape index (κ2) is 6.78. The number of hydrogen-bond donors (Lipinski definition) is 2. The molecule has 0 fully saturated rings. The van der Waals surface area contributed by atoms with Gasteiger partial charge in [-0.3, -0.25) is 5.14 Å². The van der Waals surface area contributed by atoms with Crippen molar-refractivity contribution in [3.63, 3.8) is 0 Å². The number of aryl methyl sites for hydroxylation is 1. The molecule has 0 aliphatic rings. The molecule has 6 heteroatoms. The smallest absolute Gasteiger partial charge is 0.0907 e. The second-order valence-electron chi connectivity index (χ2n) is 4.07. The van der Waals surface area contributed by atoms with Crippen LogP contribution in [0.1, 0.15) is 5.01 Å². The minimum Gasteiger partial charge on any atom is -0.281 e. The van der Waals surface area contributed by atoms with E-state index in [1.807, 2.05) is 19.1 Å². The van der Waals surface area contributed by atoms with Crippen molar-refractivity contribution in [1.82, 2.24) is 4.98 Å². The predicted octanol–water partition coefficient (Wildman–Crippen LogP) is 5.37. The molecule has 104 valence electrons. The van der Waals surface area contributed by atoms with Crippen LogP contribution in [0, 0.1) is 6.92 Å². The summed E-state index contributed by atoms with van der Waals surface area (Å²) in [7, 11) is 0. The van der Waals surface area contributed by atoms with Gasteiger partial charge >= 0.3 is 0 Å². The van der Waals surface area contributed by atoms with Crippen molar-refractivity contribution in [2.75, 3.05) is 0 Å². The molecule has 0 aliphatic carbocycles. The summed E-state index contributed by atoms with van der Waals surface area (Å²) < 4.78 is 1.20. The first-order chi connectivity index (χ1) is 9.61. The van der Waals surface area contributed by atoms with Crippen molar-refractivity contribution in [2.45, 2.75) is 6.92 Å². The van der Waals surface area contributed by atoms with E-state index in [-0.39, 0.29) is 0 Å². The molecule has 0 saturated carbocycles. The molecule has 1 aromatic heterocycles. The highest BCUT2D eigenvalue weighted by atomic mass is 35.5. The standard InChI is InChI=1S/C14H9Cl2NS.H3NS/c1-8-17-13-6-9(2-3-14(13)18-8)10-4-11(15)7-12(16)5-10;1-2/h2-7H,1H3;2H,1H2. The van der Waals surface area contributed by atoms with Crippen LogP contribution >= 0.6 is 47.4 Å². The Hall–Kier alpha value is -0.780. The maximum atomic E-state index is 6.02. The highest BCUT2D eigenvalue weighted by Crippen LogP contribution is 2.30. The van der Waals surface area contributed by atoms with Crippen LogP contribution in [-0.4, -0.2) is 4.98 Å². The number of thiol groups is 1. The molecule has 0 unspecified atom stereocenters. The molecule has 2 aromatic carbocycles. The maximum Gasteiger partial charge on any atom is 0.0907 e. The van der Waals surface area contributed by atoms with E-state index in [0.717, 1.165) is 21.7 Å². The minimum atomic E-state index is 0.645. The molecule has 2 N–H and O–H groups in total. The van der Waals surface area contributed by atoms with Crippen molar-refractivity contribution in [2.24, 2.45) is 5.14 Å². The summed E-state index contributed by atoms with van der Waals surface area (Å²) in [5.74, 6) is 0. The van der Waals surface area contributed by atoms with Crippen LogP contribution in [0.4, 0.5) is 0 Å². The molecule has 3 rings (SSSR count). The zero-order valence-corrected chi connectivity index (χ0v) is 13.8. The highest BCUT2D eigenvalue weighted by Gasteiger charge is 2.05. The molecule has 0 bridgehead atoms. The van der Waals surface area contributed by atoms with Crippen LogP contribution in [0.3, 0.4) is 0 Å². The fraction of sp³-hybridized carbons (Fsp3) is 0.0714. The Labute approximate surface area is 137 Å². The second-order valence-corrected chi connectivity index (χ2v) is 6.18. The van der Waals surface area contributed by atoms with Crippen molar-refractivity contribution >= 4 is 57.6 Å². The number of fused-ring (bicyclic) bond motifs is 1. The Bertz CT molecular complexity index is 721. The summed E-state index contributed by atoms with van der Waals surface area (Å²) in [5.41, 5.74) is 3.11. The van der Waals surface area contributed by atoms with E-state index in [0.29, 0.717) is 10.0 Å².